The molecule has 58 valence electrons. The molecule has 1 rings (SSSR count). The molecule has 0 radical (unpaired) electrons. The molecule has 3 nitrogen and oxygen atoms in total. The molecule has 10 heavy (non-hydrogen) atoms. The highest BCUT2D eigenvalue weighted by Crippen LogP contribution is 2.25. The summed E-state index contributed by atoms with van der Waals surface area (Å²) in [4.78, 5) is 10.2. The Kier molecular flexibility index (Phi) is 2.88. The van der Waals surface area contributed by atoms with Crippen molar-refractivity contribution in [2.24, 2.45) is 0 Å². The monoisotopic (exact) mass is 255 g/mol. The van der Waals surface area contributed by atoms with Crippen molar-refractivity contribution in [2.45, 2.75) is 35.6 Å². The number of nitro groups is 1. The van der Waals surface area contributed by atoms with E-state index >= 15 is 0 Å². The van der Waals surface area contributed by atoms with Gasteiger partial charge >= 0.3 is 0 Å². The van der Waals surface area contributed by atoms with Crippen molar-refractivity contribution in [2.75, 3.05) is 0 Å². The number of hydrogen-bond acceptors (Lipinski definition) is 2. The third kappa shape index (κ3) is 2.07. The molecular formula is C6H10INO2. The Balaban J connectivity index is 2.39. The lowest BCUT2D eigenvalue weighted by Crippen LogP contribution is -2.27. The summed E-state index contributed by atoms with van der Waals surface area (Å²) in [6.45, 7) is 0. The first-order valence-electron chi connectivity index (χ1n) is 3.47. The number of hydrogen-bond donors (Lipinski definition) is 0. The maximum absolute atomic E-state index is 10.3. The molecule has 0 aromatic carbocycles. The molecule has 0 N–H and O–H groups in total. The van der Waals surface area contributed by atoms with Gasteiger partial charge < -0.3 is 0 Å². The largest absolute Gasteiger partial charge is 0.264 e. The second-order valence-electron chi connectivity index (χ2n) is 2.70. The first-order chi connectivity index (χ1) is 4.70. The van der Waals surface area contributed by atoms with E-state index in [1.54, 1.807) is 0 Å². The standard InChI is InChI=1S/C6H10INO2/c7-5-2-1-3-6(4-5)8(9)10/h5-6H,1-4H2. The van der Waals surface area contributed by atoms with Gasteiger partial charge in [0.05, 0.1) is 0 Å². The minimum absolute atomic E-state index is 0.134. The number of halogens is 1. The number of rotatable bonds is 1. The molecule has 1 saturated carbocycles. The first-order valence-corrected chi connectivity index (χ1v) is 4.72. The van der Waals surface area contributed by atoms with Gasteiger partial charge in [-0.1, -0.05) is 22.6 Å². The van der Waals surface area contributed by atoms with Gasteiger partial charge in [0, 0.05) is 21.7 Å². The summed E-state index contributed by atoms with van der Waals surface area (Å²) in [5.41, 5.74) is 0. The maximum atomic E-state index is 10.3. The SMILES string of the molecule is O=[N+]([O-])C1CCCC(I)C1. The van der Waals surface area contributed by atoms with Crippen LogP contribution in [0.15, 0.2) is 0 Å². The zero-order valence-electron chi connectivity index (χ0n) is 5.62. The van der Waals surface area contributed by atoms with E-state index in [0.717, 1.165) is 25.7 Å². The lowest BCUT2D eigenvalue weighted by Gasteiger charge is -2.18. The van der Waals surface area contributed by atoms with Gasteiger partial charge in [-0.25, -0.2) is 0 Å². The van der Waals surface area contributed by atoms with Gasteiger partial charge in [-0.15, -0.1) is 0 Å². The van der Waals surface area contributed by atoms with Crippen LogP contribution >= 0.6 is 22.6 Å². The molecule has 0 saturated heterocycles. The van der Waals surface area contributed by atoms with Crippen LogP contribution in [0.2, 0.25) is 0 Å². The van der Waals surface area contributed by atoms with E-state index in [-0.39, 0.29) is 11.0 Å². The normalized spacial score (nSPS) is 33.7. The van der Waals surface area contributed by atoms with E-state index in [0.29, 0.717) is 3.92 Å². The molecule has 0 spiro atoms. The van der Waals surface area contributed by atoms with Gasteiger partial charge in [0.1, 0.15) is 0 Å². The first kappa shape index (κ1) is 8.23. The minimum Gasteiger partial charge on any atom is -0.264 e. The van der Waals surface area contributed by atoms with Crippen molar-refractivity contribution in [1.29, 1.82) is 0 Å². The Morgan fingerprint density at radius 3 is 2.60 bits per heavy atom. The molecular weight excluding hydrogens is 245 g/mol. The van der Waals surface area contributed by atoms with Crippen LogP contribution in [0.1, 0.15) is 25.7 Å². The highest BCUT2D eigenvalue weighted by Gasteiger charge is 2.27. The predicted molar refractivity (Wildman–Crippen MR) is 47.1 cm³/mol. The summed E-state index contributed by atoms with van der Waals surface area (Å²) in [6, 6.07) is -0.254. The smallest absolute Gasteiger partial charge is 0.214 e. The van der Waals surface area contributed by atoms with Crippen LogP contribution in [0.4, 0.5) is 0 Å². The molecule has 4 heteroatoms. The van der Waals surface area contributed by atoms with Crippen LogP contribution in [0.25, 0.3) is 0 Å². The molecule has 2 unspecified atom stereocenters. The van der Waals surface area contributed by atoms with Crippen molar-refractivity contribution < 1.29 is 4.92 Å². The second-order valence-corrected chi connectivity index (χ2v) is 4.46. The number of nitrogens with zero attached hydrogens (tertiary/aromatic N) is 1. The van der Waals surface area contributed by atoms with Gasteiger partial charge in [-0.05, 0) is 12.8 Å². The van der Waals surface area contributed by atoms with Gasteiger partial charge in [0.2, 0.25) is 6.04 Å². The van der Waals surface area contributed by atoms with Crippen molar-refractivity contribution in [1.82, 2.24) is 0 Å². The fourth-order valence-electron chi connectivity index (χ4n) is 1.30. The summed E-state index contributed by atoms with van der Waals surface area (Å²) < 4.78 is 0.529. The van der Waals surface area contributed by atoms with Gasteiger partial charge in [-0.3, -0.25) is 10.1 Å². The molecule has 0 bridgehead atoms. The molecule has 0 amide bonds. The van der Waals surface area contributed by atoms with E-state index in [2.05, 4.69) is 22.6 Å². The molecule has 1 fully saturated rings. The van der Waals surface area contributed by atoms with E-state index in [1.807, 2.05) is 0 Å². The molecule has 0 aliphatic heterocycles. The summed E-state index contributed by atoms with van der Waals surface area (Å²) >= 11 is 2.30. The lowest BCUT2D eigenvalue weighted by atomic mass is 9.96. The summed E-state index contributed by atoms with van der Waals surface area (Å²) in [5.74, 6) is 0. The van der Waals surface area contributed by atoms with E-state index in [4.69, 9.17) is 0 Å². The van der Waals surface area contributed by atoms with E-state index in [9.17, 15) is 10.1 Å². The van der Waals surface area contributed by atoms with Crippen molar-refractivity contribution >= 4 is 22.6 Å². The van der Waals surface area contributed by atoms with Crippen LogP contribution in [-0.2, 0) is 0 Å². The molecule has 1 aliphatic rings. The Hall–Kier alpha value is 0.130. The maximum Gasteiger partial charge on any atom is 0.214 e. The number of alkyl halides is 1. The highest BCUT2D eigenvalue weighted by atomic mass is 127. The van der Waals surface area contributed by atoms with Crippen LogP contribution in [0.3, 0.4) is 0 Å². The molecule has 0 heterocycles. The Morgan fingerprint density at radius 1 is 1.50 bits per heavy atom. The van der Waals surface area contributed by atoms with Crippen molar-refractivity contribution in [3.63, 3.8) is 0 Å². The lowest BCUT2D eigenvalue weighted by molar-refractivity contribution is -0.525. The zero-order chi connectivity index (χ0) is 7.56. The highest BCUT2D eigenvalue weighted by molar-refractivity contribution is 14.1. The molecule has 2 atom stereocenters. The van der Waals surface area contributed by atoms with Crippen LogP contribution in [-0.4, -0.2) is 14.9 Å². The average Bonchev–Trinajstić information content (AvgIpc) is 1.88. The minimum atomic E-state index is -0.254. The van der Waals surface area contributed by atoms with Crippen molar-refractivity contribution in [3.8, 4) is 0 Å². The fourth-order valence-corrected chi connectivity index (χ4v) is 2.32. The third-order valence-corrected chi connectivity index (χ3v) is 3.01. The van der Waals surface area contributed by atoms with Crippen molar-refractivity contribution in [3.05, 3.63) is 10.1 Å². The Labute approximate surface area is 73.5 Å². The third-order valence-electron chi connectivity index (χ3n) is 1.88. The van der Waals surface area contributed by atoms with Gasteiger partial charge in [0.25, 0.3) is 0 Å². The second kappa shape index (κ2) is 3.50. The average molecular weight is 255 g/mol. The molecule has 0 aromatic rings. The van der Waals surface area contributed by atoms with Crippen LogP contribution < -0.4 is 0 Å². The molecule has 1 aliphatic carbocycles. The van der Waals surface area contributed by atoms with Crippen LogP contribution in [0, 0.1) is 10.1 Å². The van der Waals surface area contributed by atoms with Crippen LogP contribution in [0.5, 0.6) is 0 Å². The summed E-state index contributed by atoms with van der Waals surface area (Å²) in [5, 5.41) is 10.3. The summed E-state index contributed by atoms with van der Waals surface area (Å²) in [6.07, 6.45) is 3.74. The quantitative estimate of drug-likeness (QED) is 0.311. The zero-order valence-corrected chi connectivity index (χ0v) is 7.78. The van der Waals surface area contributed by atoms with E-state index in [1.165, 1.54) is 0 Å². The van der Waals surface area contributed by atoms with E-state index < -0.39 is 0 Å². The fraction of sp³-hybridized carbons (Fsp3) is 1.00. The van der Waals surface area contributed by atoms with Gasteiger partial charge in [-0.2, -0.15) is 0 Å². The topological polar surface area (TPSA) is 43.1 Å². The Morgan fingerprint density at radius 2 is 2.20 bits per heavy atom. The van der Waals surface area contributed by atoms with Gasteiger partial charge in [0.15, 0.2) is 0 Å². The Bertz CT molecular complexity index is 140. The predicted octanol–water partition coefficient (Wildman–Crippen LogP) is 2.01. The summed E-state index contributed by atoms with van der Waals surface area (Å²) in [7, 11) is 0. The molecule has 0 aromatic heterocycles.